The molecule has 2 N–H and O–H groups in total. The highest BCUT2D eigenvalue weighted by molar-refractivity contribution is 5.04. The Kier molecular flexibility index (Phi) is 3.02. The molecule has 5 nitrogen and oxygen atoms in total. The summed E-state index contributed by atoms with van der Waals surface area (Å²) in [6, 6.07) is 0. The van der Waals surface area contributed by atoms with E-state index in [1.165, 1.54) is 0 Å². The summed E-state index contributed by atoms with van der Waals surface area (Å²) in [7, 11) is 0. The molecule has 0 aliphatic carbocycles. The summed E-state index contributed by atoms with van der Waals surface area (Å²) in [5.41, 5.74) is 5.33. The van der Waals surface area contributed by atoms with Crippen LogP contribution < -0.4 is 5.73 Å². The van der Waals surface area contributed by atoms with Crippen molar-refractivity contribution in [1.29, 1.82) is 0 Å². The van der Waals surface area contributed by atoms with E-state index in [2.05, 4.69) is 17.1 Å². The molecule has 5 heteroatoms. The number of rotatable bonds is 4. The lowest BCUT2D eigenvalue weighted by atomic mass is 9.90. The number of hydrogen-bond donors (Lipinski definition) is 1. The van der Waals surface area contributed by atoms with Gasteiger partial charge in [0, 0.05) is 13.0 Å². The average Bonchev–Trinajstić information content (AvgIpc) is 2.84. The van der Waals surface area contributed by atoms with Crippen LogP contribution in [-0.2, 0) is 16.6 Å². The molecule has 2 rings (SSSR count). The Hall–Kier alpha value is -0.940. The Morgan fingerprint density at radius 2 is 2.33 bits per heavy atom. The van der Waals surface area contributed by atoms with Gasteiger partial charge in [-0.05, 0) is 26.3 Å². The van der Waals surface area contributed by atoms with Crippen molar-refractivity contribution in [3.63, 3.8) is 0 Å². The monoisotopic (exact) mass is 211 g/mol. The zero-order valence-electron chi connectivity index (χ0n) is 9.03. The molecule has 1 aromatic heterocycles. The van der Waals surface area contributed by atoms with Gasteiger partial charge in [-0.2, -0.15) is 0 Å². The molecule has 1 aliphatic rings. The van der Waals surface area contributed by atoms with E-state index in [0.29, 0.717) is 24.9 Å². The molecule has 1 fully saturated rings. The van der Waals surface area contributed by atoms with Gasteiger partial charge in [-0.3, -0.25) is 0 Å². The van der Waals surface area contributed by atoms with Crippen molar-refractivity contribution in [2.45, 2.75) is 31.6 Å². The highest BCUT2D eigenvalue weighted by Gasteiger charge is 2.36. The Morgan fingerprint density at radius 1 is 1.47 bits per heavy atom. The molecule has 0 aromatic carbocycles. The molecule has 1 saturated heterocycles. The second kappa shape index (κ2) is 4.28. The molecular formula is C10H17N3O2. The predicted molar refractivity (Wildman–Crippen MR) is 54.5 cm³/mol. The van der Waals surface area contributed by atoms with Crippen molar-refractivity contribution in [1.82, 2.24) is 10.2 Å². The van der Waals surface area contributed by atoms with Gasteiger partial charge in [-0.15, -0.1) is 10.2 Å². The summed E-state index contributed by atoms with van der Waals surface area (Å²) in [5, 5.41) is 8.10. The van der Waals surface area contributed by atoms with E-state index >= 15 is 0 Å². The van der Waals surface area contributed by atoms with Gasteiger partial charge in [0.1, 0.15) is 0 Å². The van der Waals surface area contributed by atoms with Crippen LogP contribution in [0.3, 0.4) is 0 Å². The summed E-state index contributed by atoms with van der Waals surface area (Å²) in [5.74, 6) is 1.38. The first-order valence-corrected chi connectivity index (χ1v) is 5.35. The van der Waals surface area contributed by atoms with Crippen molar-refractivity contribution in [3.05, 3.63) is 11.8 Å². The van der Waals surface area contributed by atoms with Gasteiger partial charge in [0.15, 0.2) is 0 Å². The third-order valence-electron chi connectivity index (χ3n) is 2.80. The minimum Gasteiger partial charge on any atom is -0.425 e. The molecule has 84 valence electrons. The number of hydrogen-bond acceptors (Lipinski definition) is 5. The summed E-state index contributed by atoms with van der Waals surface area (Å²) in [6.07, 6.45) is 2.60. The first kappa shape index (κ1) is 10.6. The fourth-order valence-electron chi connectivity index (χ4n) is 1.69. The second-order valence-electron chi connectivity index (χ2n) is 4.26. The van der Waals surface area contributed by atoms with Gasteiger partial charge < -0.3 is 14.9 Å². The molecule has 0 amide bonds. The van der Waals surface area contributed by atoms with E-state index < -0.39 is 0 Å². The number of aromatic nitrogens is 2. The maximum atomic E-state index is 5.61. The maximum absolute atomic E-state index is 5.61. The maximum Gasteiger partial charge on any atom is 0.224 e. The first-order valence-electron chi connectivity index (χ1n) is 5.35. The first-order chi connectivity index (χ1) is 7.24. The number of nitrogens with zero attached hydrogens (tertiary/aromatic N) is 2. The summed E-state index contributed by atoms with van der Waals surface area (Å²) in [4.78, 5) is 0. The van der Waals surface area contributed by atoms with Crippen LogP contribution in [0.25, 0.3) is 0 Å². The highest BCUT2D eigenvalue weighted by Crippen LogP contribution is 2.31. The summed E-state index contributed by atoms with van der Waals surface area (Å²) < 4.78 is 11.0. The van der Waals surface area contributed by atoms with Crippen LogP contribution in [0.1, 0.15) is 31.5 Å². The molecule has 0 spiro atoms. The Labute approximate surface area is 89.0 Å². The minimum absolute atomic E-state index is 0.0893. The molecule has 2 heterocycles. The summed E-state index contributed by atoms with van der Waals surface area (Å²) >= 11 is 0. The van der Waals surface area contributed by atoms with Crippen LogP contribution in [0.4, 0.5) is 0 Å². The van der Waals surface area contributed by atoms with E-state index in [-0.39, 0.29) is 5.41 Å². The van der Waals surface area contributed by atoms with Gasteiger partial charge in [-0.25, -0.2) is 0 Å². The largest absolute Gasteiger partial charge is 0.425 e. The van der Waals surface area contributed by atoms with Crippen molar-refractivity contribution in [2.75, 3.05) is 19.8 Å². The van der Waals surface area contributed by atoms with E-state index in [1.807, 2.05) is 0 Å². The molecule has 1 aliphatic heterocycles. The third-order valence-corrected chi connectivity index (χ3v) is 2.80. The molecular weight excluding hydrogens is 194 g/mol. The van der Waals surface area contributed by atoms with Crippen LogP contribution >= 0.6 is 0 Å². The van der Waals surface area contributed by atoms with Crippen LogP contribution in [0.5, 0.6) is 0 Å². The minimum atomic E-state index is -0.0893. The Balaban J connectivity index is 2.05. The molecule has 15 heavy (non-hydrogen) atoms. The molecule has 0 radical (unpaired) electrons. The van der Waals surface area contributed by atoms with E-state index in [0.717, 1.165) is 25.9 Å². The molecule has 0 bridgehead atoms. The van der Waals surface area contributed by atoms with Crippen LogP contribution in [0.15, 0.2) is 4.42 Å². The highest BCUT2D eigenvalue weighted by atomic mass is 16.5. The van der Waals surface area contributed by atoms with Gasteiger partial charge in [-0.1, -0.05) is 0 Å². The van der Waals surface area contributed by atoms with Gasteiger partial charge in [0.2, 0.25) is 11.8 Å². The fourth-order valence-corrected chi connectivity index (χ4v) is 1.69. The zero-order valence-corrected chi connectivity index (χ0v) is 9.03. The zero-order chi connectivity index (χ0) is 10.7. The lowest BCUT2D eigenvalue weighted by Gasteiger charge is -2.15. The van der Waals surface area contributed by atoms with E-state index in [1.54, 1.807) is 0 Å². The summed E-state index contributed by atoms with van der Waals surface area (Å²) in [6.45, 7) is 4.20. The van der Waals surface area contributed by atoms with Crippen LogP contribution in [0, 0.1) is 0 Å². The Bertz CT molecular complexity index is 318. The topological polar surface area (TPSA) is 74.2 Å². The lowest BCUT2D eigenvalue weighted by molar-refractivity contribution is 0.172. The molecule has 1 atom stereocenters. The van der Waals surface area contributed by atoms with Crippen molar-refractivity contribution >= 4 is 0 Å². The van der Waals surface area contributed by atoms with E-state index in [9.17, 15) is 0 Å². The van der Waals surface area contributed by atoms with Gasteiger partial charge in [0.25, 0.3) is 0 Å². The predicted octanol–water partition coefficient (Wildman–Crippen LogP) is 0.639. The van der Waals surface area contributed by atoms with Gasteiger partial charge in [0.05, 0.1) is 12.0 Å². The third kappa shape index (κ3) is 2.18. The van der Waals surface area contributed by atoms with Crippen molar-refractivity contribution < 1.29 is 9.15 Å². The smallest absolute Gasteiger partial charge is 0.224 e. The normalized spacial score (nSPS) is 26.0. The average molecular weight is 211 g/mol. The standard InChI is InChI=1S/C10H17N3O2/c1-10(4-6-14-7-10)9-13-12-8(15-9)3-2-5-11/h2-7,11H2,1H3. The van der Waals surface area contributed by atoms with Crippen LogP contribution in [-0.4, -0.2) is 30.0 Å². The quantitative estimate of drug-likeness (QED) is 0.791. The SMILES string of the molecule is CC1(c2nnc(CCCN)o2)CCOC1. The molecule has 1 aromatic rings. The van der Waals surface area contributed by atoms with Crippen molar-refractivity contribution in [3.8, 4) is 0 Å². The van der Waals surface area contributed by atoms with E-state index in [4.69, 9.17) is 14.9 Å². The fraction of sp³-hybridized carbons (Fsp3) is 0.800. The molecule has 1 unspecified atom stereocenters. The number of ether oxygens (including phenoxy) is 1. The van der Waals surface area contributed by atoms with Crippen molar-refractivity contribution in [2.24, 2.45) is 5.73 Å². The van der Waals surface area contributed by atoms with Gasteiger partial charge >= 0.3 is 0 Å². The lowest BCUT2D eigenvalue weighted by Crippen LogP contribution is -2.22. The second-order valence-corrected chi connectivity index (χ2v) is 4.26. The van der Waals surface area contributed by atoms with Crippen LogP contribution in [0.2, 0.25) is 0 Å². The Morgan fingerprint density at radius 3 is 3.00 bits per heavy atom. The molecule has 0 saturated carbocycles. The number of nitrogens with two attached hydrogens (primary N) is 1. The number of aryl methyl sites for hydroxylation is 1.